The van der Waals surface area contributed by atoms with Gasteiger partial charge in [0.1, 0.15) is 11.5 Å². The Balaban J connectivity index is 1.90. The summed E-state index contributed by atoms with van der Waals surface area (Å²) >= 11 is 0. The monoisotopic (exact) mass is 290 g/mol. The topological polar surface area (TPSA) is 18.5 Å². The van der Waals surface area contributed by atoms with E-state index in [2.05, 4.69) is 42.5 Å². The molecule has 0 heterocycles. The molecule has 0 amide bonds. The largest absolute Gasteiger partial charge is 0.497 e. The maximum atomic E-state index is 5.63. The van der Waals surface area contributed by atoms with Crippen LogP contribution in [0.2, 0.25) is 0 Å². The van der Waals surface area contributed by atoms with E-state index < -0.39 is 0 Å². The Bertz CT molecular complexity index is 813. The minimum atomic E-state index is 0.918. The zero-order valence-corrected chi connectivity index (χ0v) is 12.8. The number of ether oxygens (including phenoxy) is 2. The molecule has 110 valence electrons. The Labute approximate surface area is 130 Å². The first-order valence-electron chi connectivity index (χ1n) is 7.55. The number of rotatable bonds is 3. The molecule has 0 bridgehead atoms. The highest BCUT2D eigenvalue weighted by molar-refractivity contribution is 5.87. The van der Waals surface area contributed by atoms with Crippen molar-refractivity contribution in [1.82, 2.24) is 0 Å². The van der Waals surface area contributed by atoms with E-state index in [1.54, 1.807) is 14.2 Å². The molecule has 0 radical (unpaired) electrons. The van der Waals surface area contributed by atoms with E-state index in [1.165, 1.54) is 33.4 Å². The van der Waals surface area contributed by atoms with Gasteiger partial charge in [0.15, 0.2) is 0 Å². The third-order valence-corrected chi connectivity index (χ3v) is 4.56. The average Bonchev–Trinajstić information content (AvgIpc) is 3.20. The van der Waals surface area contributed by atoms with E-state index in [0.29, 0.717) is 0 Å². The molecule has 0 unspecified atom stereocenters. The molecule has 2 aliphatic carbocycles. The molecule has 0 aliphatic heterocycles. The number of hydrogen-bond acceptors (Lipinski definition) is 2. The maximum Gasteiger partial charge on any atom is 0.126 e. The normalized spacial score (nSPS) is 14.5. The van der Waals surface area contributed by atoms with Gasteiger partial charge in [0.25, 0.3) is 0 Å². The molecule has 2 nitrogen and oxygen atoms in total. The van der Waals surface area contributed by atoms with Crippen LogP contribution in [-0.2, 0) is 6.42 Å². The van der Waals surface area contributed by atoms with E-state index in [1.807, 2.05) is 6.07 Å². The van der Waals surface area contributed by atoms with Crippen molar-refractivity contribution in [3.8, 4) is 22.6 Å². The van der Waals surface area contributed by atoms with Crippen LogP contribution in [-0.4, -0.2) is 14.2 Å². The van der Waals surface area contributed by atoms with Crippen LogP contribution in [0.1, 0.15) is 23.1 Å². The van der Waals surface area contributed by atoms with Gasteiger partial charge in [-0.25, -0.2) is 0 Å². The second-order valence-corrected chi connectivity index (χ2v) is 5.69. The molecule has 2 aromatic rings. The van der Waals surface area contributed by atoms with E-state index in [0.717, 1.165) is 24.3 Å². The number of allylic oxidation sites excluding steroid dienone is 4. The first-order chi connectivity index (χ1) is 10.8. The van der Waals surface area contributed by atoms with Gasteiger partial charge >= 0.3 is 0 Å². The van der Waals surface area contributed by atoms with Gasteiger partial charge in [-0.1, -0.05) is 30.4 Å². The van der Waals surface area contributed by atoms with Gasteiger partial charge in [0.2, 0.25) is 0 Å². The Morgan fingerprint density at radius 2 is 1.82 bits per heavy atom. The van der Waals surface area contributed by atoms with Crippen LogP contribution in [0.15, 0.2) is 48.6 Å². The van der Waals surface area contributed by atoms with E-state index >= 15 is 0 Å². The lowest BCUT2D eigenvalue weighted by atomic mass is 9.94. The van der Waals surface area contributed by atoms with E-state index in [-0.39, 0.29) is 0 Å². The highest BCUT2D eigenvalue weighted by Crippen LogP contribution is 2.45. The summed E-state index contributed by atoms with van der Waals surface area (Å²) < 4.78 is 11.0. The van der Waals surface area contributed by atoms with Crippen molar-refractivity contribution < 1.29 is 9.47 Å². The van der Waals surface area contributed by atoms with Crippen molar-refractivity contribution in [2.45, 2.75) is 12.8 Å². The van der Waals surface area contributed by atoms with Crippen LogP contribution in [0.4, 0.5) is 0 Å². The predicted molar refractivity (Wildman–Crippen MR) is 89.5 cm³/mol. The van der Waals surface area contributed by atoms with Crippen LogP contribution in [0.3, 0.4) is 0 Å². The Kier molecular flexibility index (Phi) is 3.04. The van der Waals surface area contributed by atoms with Gasteiger partial charge < -0.3 is 9.47 Å². The fourth-order valence-electron chi connectivity index (χ4n) is 3.51. The van der Waals surface area contributed by atoms with Gasteiger partial charge in [-0.3, -0.25) is 0 Å². The van der Waals surface area contributed by atoms with Crippen LogP contribution in [0.25, 0.3) is 16.7 Å². The minimum absolute atomic E-state index is 0.918. The van der Waals surface area contributed by atoms with E-state index in [9.17, 15) is 0 Å². The molecule has 2 aromatic carbocycles. The van der Waals surface area contributed by atoms with Crippen molar-refractivity contribution in [2.75, 3.05) is 14.2 Å². The van der Waals surface area contributed by atoms with E-state index in [4.69, 9.17) is 9.47 Å². The highest BCUT2D eigenvalue weighted by Gasteiger charge is 2.25. The smallest absolute Gasteiger partial charge is 0.126 e. The lowest BCUT2D eigenvalue weighted by Crippen LogP contribution is -1.96. The van der Waals surface area contributed by atoms with Crippen molar-refractivity contribution in [2.24, 2.45) is 0 Å². The maximum absolute atomic E-state index is 5.63. The second-order valence-electron chi connectivity index (χ2n) is 5.69. The molecule has 4 rings (SSSR count). The first-order valence-corrected chi connectivity index (χ1v) is 7.55. The third kappa shape index (κ3) is 1.87. The zero-order valence-electron chi connectivity index (χ0n) is 12.8. The first kappa shape index (κ1) is 13.2. The van der Waals surface area contributed by atoms with Crippen molar-refractivity contribution in [3.05, 3.63) is 65.3 Å². The fraction of sp³-hybridized carbons (Fsp3) is 0.200. The second kappa shape index (κ2) is 5.06. The predicted octanol–water partition coefficient (Wildman–Crippen LogP) is 4.62. The number of hydrogen-bond donors (Lipinski definition) is 0. The zero-order chi connectivity index (χ0) is 15.1. The van der Waals surface area contributed by atoms with Crippen LogP contribution in [0, 0.1) is 0 Å². The van der Waals surface area contributed by atoms with Crippen LogP contribution >= 0.6 is 0 Å². The van der Waals surface area contributed by atoms with Gasteiger partial charge in [-0.05, 0) is 58.9 Å². The molecule has 0 saturated heterocycles. The minimum Gasteiger partial charge on any atom is -0.497 e. The Morgan fingerprint density at radius 1 is 0.955 bits per heavy atom. The molecule has 0 spiro atoms. The average molecular weight is 290 g/mol. The number of methoxy groups -OCH3 is 2. The van der Waals surface area contributed by atoms with Crippen molar-refractivity contribution >= 4 is 5.57 Å². The van der Waals surface area contributed by atoms with Gasteiger partial charge in [-0.15, -0.1) is 0 Å². The van der Waals surface area contributed by atoms with Gasteiger partial charge in [0.05, 0.1) is 14.2 Å². The molecule has 0 atom stereocenters. The lowest BCUT2D eigenvalue weighted by molar-refractivity contribution is 0.413. The number of fused-ring (bicyclic) bond motifs is 3. The summed E-state index contributed by atoms with van der Waals surface area (Å²) in [4.78, 5) is 0. The summed E-state index contributed by atoms with van der Waals surface area (Å²) in [5.41, 5.74) is 7.94. The SMILES string of the molecule is COc1ccc2c(c1)Cc1c-2ccc(OC)c1C1=CC=CC1. The molecule has 0 saturated carbocycles. The summed E-state index contributed by atoms with van der Waals surface area (Å²) in [6.45, 7) is 0. The van der Waals surface area contributed by atoms with Crippen molar-refractivity contribution in [3.63, 3.8) is 0 Å². The standard InChI is InChI=1S/C20H18O2/c1-21-15-7-8-16-14(11-15)12-18-17(16)9-10-19(22-2)20(18)13-5-3-4-6-13/h3-5,7-11H,6,12H2,1-2H3. The van der Waals surface area contributed by atoms with Crippen LogP contribution in [0.5, 0.6) is 11.5 Å². The molecule has 0 fully saturated rings. The fourth-order valence-corrected chi connectivity index (χ4v) is 3.51. The molecular formula is C20H18O2. The van der Waals surface area contributed by atoms with Gasteiger partial charge in [0, 0.05) is 5.56 Å². The lowest BCUT2D eigenvalue weighted by Gasteiger charge is -2.14. The molecule has 2 heteroatoms. The summed E-state index contributed by atoms with van der Waals surface area (Å²) in [6, 6.07) is 10.6. The molecule has 0 N–H and O–H groups in total. The van der Waals surface area contributed by atoms with Crippen LogP contribution < -0.4 is 9.47 Å². The highest BCUT2D eigenvalue weighted by atomic mass is 16.5. The van der Waals surface area contributed by atoms with Crippen molar-refractivity contribution in [1.29, 1.82) is 0 Å². The summed E-state index contributed by atoms with van der Waals surface area (Å²) in [7, 11) is 3.46. The summed E-state index contributed by atoms with van der Waals surface area (Å²) in [5, 5.41) is 0. The third-order valence-electron chi connectivity index (χ3n) is 4.56. The number of benzene rings is 2. The summed E-state index contributed by atoms with van der Waals surface area (Å²) in [6.07, 6.45) is 8.43. The Morgan fingerprint density at radius 3 is 2.55 bits per heavy atom. The molecule has 0 aromatic heterocycles. The molecule has 2 aliphatic rings. The summed E-state index contributed by atoms with van der Waals surface area (Å²) in [5.74, 6) is 1.88. The molecular weight excluding hydrogens is 272 g/mol. The quantitative estimate of drug-likeness (QED) is 0.701. The van der Waals surface area contributed by atoms with Gasteiger partial charge in [-0.2, -0.15) is 0 Å². The Hall–Kier alpha value is -2.48. The molecule has 22 heavy (non-hydrogen) atoms.